The number of H-pyrrole nitrogens is 1. The zero-order valence-electron chi connectivity index (χ0n) is 12.6. The van der Waals surface area contributed by atoms with Gasteiger partial charge in [-0.1, -0.05) is 13.8 Å². The van der Waals surface area contributed by atoms with Gasteiger partial charge in [-0.3, -0.25) is 14.7 Å². The molecule has 2 heterocycles. The van der Waals surface area contributed by atoms with E-state index < -0.39 is 5.97 Å². The number of aromatic nitrogens is 2. The molecule has 1 aliphatic rings. The Morgan fingerprint density at radius 2 is 2.24 bits per heavy atom. The van der Waals surface area contributed by atoms with Crippen molar-refractivity contribution in [1.29, 1.82) is 0 Å². The molecule has 1 atom stereocenters. The minimum absolute atomic E-state index is 0.0153. The highest BCUT2D eigenvalue weighted by Crippen LogP contribution is 2.23. The molecule has 1 aromatic rings. The number of aromatic amines is 1. The second-order valence-corrected chi connectivity index (χ2v) is 5.94. The lowest BCUT2D eigenvalue weighted by Crippen LogP contribution is -2.44. The van der Waals surface area contributed by atoms with Crippen LogP contribution in [0.1, 0.15) is 68.1 Å². The Bertz CT molecular complexity index is 510. The lowest BCUT2D eigenvalue weighted by atomic mass is 9.97. The second-order valence-electron chi connectivity index (χ2n) is 5.94. The maximum Gasteiger partial charge on any atom is 0.303 e. The summed E-state index contributed by atoms with van der Waals surface area (Å²) < 4.78 is 0. The molecule has 2 rings (SSSR count). The number of hydrogen-bond donors (Lipinski definition) is 2. The molecule has 0 aromatic carbocycles. The van der Waals surface area contributed by atoms with Crippen LogP contribution in [-0.4, -0.2) is 44.7 Å². The van der Waals surface area contributed by atoms with E-state index in [2.05, 4.69) is 10.2 Å². The maximum absolute atomic E-state index is 12.6. The van der Waals surface area contributed by atoms with E-state index in [9.17, 15) is 9.59 Å². The summed E-state index contributed by atoms with van der Waals surface area (Å²) in [4.78, 5) is 25.1. The van der Waals surface area contributed by atoms with Crippen molar-refractivity contribution in [3.05, 3.63) is 17.5 Å². The van der Waals surface area contributed by atoms with E-state index in [-0.39, 0.29) is 18.4 Å². The van der Waals surface area contributed by atoms with Crippen molar-refractivity contribution in [3.63, 3.8) is 0 Å². The highest BCUT2D eigenvalue weighted by atomic mass is 16.4. The second kappa shape index (κ2) is 6.74. The predicted molar refractivity (Wildman–Crippen MR) is 78.2 cm³/mol. The highest BCUT2D eigenvalue weighted by molar-refractivity contribution is 5.92. The summed E-state index contributed by atoms with van der Waals surface area (Å²) in [5.41, 5.74) is 1.37. The van der Waals surface area contributed by atoms with Crippen LogP contribution in [0.5, 0.6) is 0 Å². The van der Waals surface area contributed by atoms with Crippen LogP contribution < -0.4 is 0 Å². The first-order chi connectivity index (χ1) is 9.99. The average molecular weight is 293 g/mol. The molecular weight excluding hydrogens is 270 g/mol. The van der Waals surface area contributed by atoms with Gasteiger partial charge < -0.3 is 10.0 Å². The lowest BCUT2D eigenvalue weighted by Gasteiger charge is -2.35. The Hall–Kier alpha value is -1.85. The third-order valence-corrected chi connectivity index (χ3v) is 4.02. The van der Waals surface area contributed by atoms with Gasteiger partial charge in [-0.05, 0) is 37.7 Å². The van der Waals surface area contributed by atoms with E-state index in [0.29, 0.717) is 24.6 Å². The van der Waals surface area contributed by atoms with Crippen molar-refractivity contribution >= 4 is 11.9 Å². The van der Waals surface area contributed by atoms with Crippen molar-refractivity contribution in [2.75, 3.05) is 6.54 Å². The van der Waals surface area contributed by atoms with Gasteiger partial charge in [0.1, 0.15) is 5.69 Å². The van der Waals surface area contributed by atoms with Crippen molar-refractivity contribution in [2.24, 2.45) is 0 Å². The number of nitrogens with one attached hydrogen (secondary N) is 1. The summed E-state index contributed by atoms with van der Waals surface area (Å²) in [6.07, 6.45) is 3.51. The standard InChI is InChI=1S/C15H23N3O3/c1-10(2)12-9-13(17-16-12)15(21)18-8-4-3-5-11(18)6-7-14(19)20/h9-11H,3-8H2,1-2H3,(H,16,17)(H,19,20)/t11-/m1/s1. The monoisotopic (exact) mass is 293 g/mol. The van der Waals surface area contributed by atoms with Crippen molar-refractivity contribution in [2.45, 2.75) is 57.9 Å². The van der Waals surface area contributed by atoms with Gasteiger partial charge in [0, 0.05) is 24.7 Å². The van der Waals surface area contributed by atoms with E-state index in [0.717, 1.165) is 25.0 Å². The van der Waals surface area contributed by atoms with Crippen molar-refractivity contribution in [3.8, 4) is 0 Å². The van der Waals surface area contributed by atoms with Crippen molar-refractivity contribution in [1.82, 2.24) is 15.1 Å². The van der Waals surface area contributed by atoms with Gasteiger partial charge in [-0.15, -0.1) is 0 Å². The summed E-state index contributed by atoms with van der Waals surface area (Å²) in [5, 5.41) is 15.8. The van der Waals surface area contributed by atoms with Crippen LogP contribution in [0.25, 0.3) is 0 Å². The first-order valence-electron chi connectivity index (χ1n) is 7.57. The summed E-state index contributed by atoms with van der Waals surface area (Å²) in [6, 6.07) is 1.82. The topological polar surface area (TPSA) is 86.3 Å². The van der Waals surface area contributed by atoms with Gasteiger partial charge in [0.2, 0.25) is 0 Å². The molecule has 1 aliphatic heterocycles. The highest BCUT2D eigenvalue weighted by Gasteiger charge is 2.29. The Kier molecular flexibility index (Phi) is 4.98. The number of nitrogens with zero attached hydrogens (tertiary/aromatic N) is 2. The normalized spacial score (nSPS) is 19.0. The van der Waals surface area contributed by atoms with Crippen LogP contribution in [0.4, 0.5) is 0 Å². The predicted octanol–water partition coefficient (Wildman–Crippen LogP) is 2.39. The fourth-order valence-electron chi connectivity index (χ4n) is 2.75. The molecule has 0 spiro atoms. The first-order valence-corrected chi connectivity index (χ1v) is 7.57. The zero-order chi connectivity index (χ0) is 15.4. The average Bonchev–Trinajstić information content (AvgIpc) is 2.94. The van der Waals surface area contributed by atoms with Crippen LogP contribution in [0.15, 0.2) is 6.07 Å². The largest absolute Gasteiger partial charge is 0.481 e. The Labute approximate surface area is 124 Å². The van der Waals surface area contributed by atoms with Gasteiger partial charge in [0.25, 0.3) is 5.91 Å². The molecule has 0 bridgehead atoms. The molecule has 0 radical (unpaired) electrons. The number of carboxylic acid groups (broad SMARTS) is 1. The van der Waals surface area contributed by atoms with Crippen LogP contribution in [0.3, 0.4) is 0 Å². The number of hydrogen-bond acceptors (Lipinski definition) is 3. The SMILES string of the molecule is CC(C)c1cc(C(=O)N2CCCC[C@@H]2CCC(=O)O)n[nH]1. The number of carboxylic acids is 1. The summed E-state index contributed by atoms with van der Waals surface area (Å²) >= 11 is 0. The summed E-state index contributed by atoms with van der Waals surface area (Å²) in [7, 11) is 0. The van der Waals surface area contributed by atoms with Gasteiger partial charge in [-0.2, -0.15) is 5.10 Å². The minimum Gasteiger partial charge on any atom is -0.481 e. The van der Waals surface area contributed by atoms with Gasteiger partial charge in [-0.25, -0.2) is 0 Å². The number of carbonyl (C=O) groups is 2. The zero-order valence-corrected chi connectivity index (χ0v) is 12.6. The molecule has 6 heteroatoms. The first kappa shape index (κ1) is 15.5. The molecule has 1 amide bonds. The molecule has 2 N–H and O–H groups in total. The molecule has 6 nitrogen and oxygen atoms in total. The maximum atomic E-state index is 12.6. The molecule has 21 heavy (non-hydrogen) atoms. The molecule has 1 aromatic heterocycles. The number of aliphatic carboxylic acids is 1. The summed E-state index contributed by atoms with van der Waals surface area (Å²) in [5.74, 6) is -0.605. The van der Waals surface area contributed by atoms with Crippen LogP contribution in [-0.2, 0) is 4.79 Å². The van der Waals surface area contributed by atoms with E-state index in [4.69, 9.17) is 5.11 Å². The number of amides is 1. The third kappa shape index (κ3) is 3.83. The third-order valence-electron chi connectivity index (χ3n) is 4.02. The molecule has 0 saturated carbocycles. The molecule has 1 fully saturated rings. The van der Waals surface area contributed by atoms with Crippen LogP contribution >= 0.6 is 0 Å². The fraction of sp³-hybridized carbons (Fsp3) is 0.667. The van der Waals surface area contributed by atoms with E-state index in [1.54, 1.807) is 11.0 Å². The van der Waals surface area contributed by atoms with Gasteiger partial charge in [0.15, 0.2) is 0 Å². The van der Waals surface area contributed by atoms with E-state index in [1.807, 2.05) is 13.8 Å². The lowest BCUT2D eigenvalue weighted by molar-refractivity contribution is -0.137. The van der Waals surface area contributed by atoms with E-state index >= 15 is 0 Å². The van der Waals surface area contributed by atoms with Gasteiger partial charge in [0.05, 0.1) is 0 Å². The number of rotatable bonds is 5. The number of carbonyl (C=O) groups excluding carboxylic acids is 1. The van der Waals surface area contributed by atoms with Gasteiger partial charge >= 0.3 is 5.97 Å². The molecule has 116 valence electrons. The molecule has 0 unspecified atom stereocenters. The fourth-order valence-corrected chi connectivity index (χ4v) is 2.75. The van der Waals surface area contributed by atoms with Crippen LogP contribution in [0.2, 0.25) is 0 Å². The Balaban J connectivity index is 2.08. The van der Waals surface area contributed by atoms with Crippen LogP contribution in [0, 0.1) is 0 Å². The summed E-state index contributed by atoms with van der Waals surface area (Å²) in [6.45, 7) is 4.77. The molecule has 0 aliphatic carbocycles. The van der Waals surface area contributed by atoms with Crippen molar-refractivity contribution < 1.29 is 14.7 Å². The smallest absolute Gasteiger partial charge is 0.303 e. The Morgan fingerprint density at radius 3 is 2.86 bits per heavy atom. The number of likely N-dealkylation sites (tertiary alicyclic amines) is 1. The number of piperidine rings is 1. The molecular formula is C15H23N3O3. The minimum atomic E-state index is -0.810. The quantitative estimate of drug-likeness (QED) is 0.872. The Morgan fingerprint density at radius 1 is 1.48 bits per heavy atom. The molecule has 1 saturated heterocycles. The van der Waals surface area contributed by atoms with E-state index in [1.165, 1.54) is 0 Å².